The van der Waals surface area contributed by atoms with Gasteiger partial charge in [-0.2, -0.15) is 0 Å². The number of carbonyl (C=O) groups excluding carboxylic acids is 1. The van der Waals surface area contributed by atoms with Crippen molar-refractivity contribution in [3.05, 3.63) is 17.3 Å². The maximum Gasteiger partial charge on any atom is 0.161 e. The van der Waals surface area contributed by atoms with Gasteiger partial charge in [-0.1, -0.05) is 25.6 Å². The van der Waals surface area contributed by atoms with Crippen molar-refractivity contribution in [2.45, 2.75) is 38.0 Å². The lowest BCUT2D eigenvalue weighted by molar-refractivity contribution is 0.101. The molecule has 1 N–H and O–H groups in total. The lowest BCUT2D eigenvalue weighted by Crippen LogP contribution is -2.00. The monoisotopic (exact) mass is 225 g/mol. The molecule has 0 aromatic carbocycles. The highest BCUT2D eigenvalue weighted by atomic mass is 32.2. The molecule has 1 rings (SSSR count). The summed E-state index contributed by atoms with van der Waals surface area (Å²) in [5.74, 6) is 0.0147. The van der Waals surface area contributed by atoms with Gasteiger partial charge in [0.25, 0.3) is 0 Å². The van der Waals surface area contributed by atoms with Gasteiger partial charge in [0.05, 0.1) is 0 Å². The van der Waals surface area contributed by atoms with Crippen LogP contribution in [0.1, 0.15) is 36.8 Å². The molecule has 0 fully saturated rings. The zero-order valence-corrected chi connectivity index (χ0v) is 10.2. The number of aromatic hydroxyl groups is 1. The van der Waals surface area contributed by atoms with Gasteiger partial charge in [-0.3, -0.25) is 4.79 Å². The van der Waals surface area contributed by atoms with E-state index < -0.39 is 0 Å². The van der Waals surface area contributed by atoms with Crippen LogP contribution in [0.15, 0.2) is 11.1 Å². The molecule has 0 aliphatic carbocycles. The molecule has 0 atom stereocenters. The van der Waals surface area contributed by atoms with Crippen LogP contribution in [-0.2, 0) is 0 Å². The first kappa shape index (κ1) is 12.0. The fourth-order valence-corrected chi connectivity index (χ4v) is 2.05. The highest BCUT2D eigenvalue weighted by Crippen LogP contribution is 2.31. The Bertz CT molecular complexity index is 388. The van der Waals surface area contributed by atoms with E-state index in [-0.39, 0.29) is 11.5 Å². The van der Waals surface area contributed by atoms with Gasteiger partial charge in [0.2, 0.25) is 0 Å². The Morgan fingerprint density at radius 1 is 1.53 bits per heavy atom. The minimum Gasteiger partial charge on any atom is -0.505 e. The summed E-state index contributed by atoms with van der Waals surface area (Å²) in [6, 6.07) is 1.50. The number of thioether (sulfide) groups is 1. The molecular weight excluding hydrogens is 210 g/mol. The summed E-state index contributed by atoms with van der Waals surface area (Å²) in [6.07, 6.45) is 0. The molecule has 3 nitrogen and oxygen atoms in total. The molecule has 0 amide bonds. The molecule has 15 heavy (non-hydrogen) atoms. The molecule has 1 aromatic rings. The van der Waals surface area contributed by atoms with Crippen LogP contribution in [0, 0.1) is 6.92 Å². The van der Waals surface area contributed by atoms with E-state index in [0.717, 1.165) is 0 Å². The van der Waals surface area contributed by atoms with Gasteiger partial charge in [0.15, 0.2) is 5.78 Å². The summed E-state index contributed by atoms with van der Waals surface area (Å²) in [4.78, 5) is 15.4. The molecule has 0 saturated heterocycles. The molecule has 0 aliphatic rings. The Hall–Kier alpha value is -1.03. The maximum absolute atomic E-state index is 11.2. The van der Waals surface area contributed by atoms with Gasteiger partial charge in [0, 0.05) is 16.5 Å². The average Bonchev–Trinajstić information content (AvgIpc) is 2.09. The number of Topliss-reactive ketones (excluding diaryl/α,β-unsaturated/α-hetero) is 1. The molecule has 0 aliphatic heterocycles. The standard InChI is InChI=1S/C11H15NO2S/c1-6(2)15-11-10(14)5-9(8(4)13)7(3)12-11/h5-6,14H,1-4H3. The van der Waals surface area contributed by atoms with Gasteiger partial charge < -0.3 is 5.11 Å². The summed E-state index contributed by atoms with van der Waals surface area (Å²) in [6.45, 7) is 7.30. The average molecular weight is 225 g/mol. The van der Waals surface area contributed by atoms with Crippen molar-refractivity contribution in [2.75, 3.05) is 0 Å². The number of hydrogen-bond donors (Lipinski definition) is 1. The fourth-order valence-electron chi connectivity index (χ4n) is 1.24. The van der Waals surface area contributed by atoms with Crippen molar-refractivity contribution in [1.82, 2.24) is 4.98 Å². The SMILES string of the molecule is CC(=O)c1cc(O)c(SC(C)C)nc1C. The van der Waals surface area contributed by atoms with Crippen molar-refractivity contribution < 1.29 is 9.90 Å². The van der Waals surface area contributed by atoms with Crippen LogP contribution in [0.4, 0.5) is 0 Å². The molecular formula is C11H15NO2S. The number of pyridine rings is 1. The second kappa shape index (κ2) is 4.66. The molecule has 4 heteroatoms. The third kappa shape index (κ3) is 2.96. The predicted octanol–water partition coefficient (Wildman–Crippen LogP) is 2.80. The van der Waals surface area contributed by atoms with Crippen LogP contribution < -0.4 is 0 Å². The minimum atomic E-state index is -0.0728. The zero-order valence-electron chi connectivity index (χ0n) is 9.37. The largest absolute Gasteiger partial charge is 0.505 e. The first-order valence-electron chi connectivity index (χ1n) is 4.80. The Labute approximate surface area is 93.9 Å². The van der Waals surface area contributed by atoms with Crippen molar-refractivity contribution in [1.29, 1.82) is 0 Å². The third-order valence-electron chi connectivity index (χ3n) is 1.89. The van der Waals surface area contributed by atoms with Crippen LogP contribution >= 0.6 is 11.8 Å². The van der Waals surface area contributed by atoms with Gasteiger partial charge in [-0.05, 0) is 19.9 Å². The zero-order chi connectivity index (χ0) is 11.6. The van der Waals surface area contributed by atoms with Crippen LogP contribution in [0.2, 0.25) is 0 Å². The number of rotatable bonds is 3. The Morgan fingerprint density at radius 2 is 2.13 bits per heavy atom. The molecule has 0 radical (unpaired) electrons. The van der Waals surface area contributed by atoms with Crippen LogP contribution in [0.5, 0.6) is 5.75 Å². The Balaban J connectivity index is 3.13. The Morgan fingerprint density at radius 3 is 2.60 bits per heavy atom. The molecule has 0 bridgehead atoms. The van der Waals surface area contributed by atoms with Crippen molar-refractivity contribution in [3.63, 3.8) is 0 Å². The highest BCUT2D eigenvalue weighted by molar-refractivity contribution is 7.99. The highest BCUT2D eigenvalue weighted by Gasteiger charge is 2.12. The summed E-state index contributed by atoms with van der Waals surface area (Å²) < 4.78 is 0. The second-order valence-corrected chi connectivity index (χ2v) is 5.23. The number of carbonyl (C=O) groups is 1. The lowest BCUT2D eigenvalue weighted by Gasteiger charge is -2.09. The van der Waals surface area contributed by atoms with E-state index in [1.54, 1.807) is 6.92 Å². The van der Waals surface area contributed by atoms with Crippen LogP contribution in [0.3, 0.4) is 0 Å². The second-order valence-electron chi connectivity index (χ2n) is 3.67. The molecule has 0 spiro atoms. The van der Waals surface area contributed by atoms with Gasteiger partial charge in [-0.25, -0.2) is 4.98 Å². The summed E-state index contributed by atoms with van der Waals surface area (Å²) in [7, 11) is 0. The van der Waals surface area contributed by atoms with E-state index in [9.17, 15) is 9.90 Å². The number of hydrogen-bond acceptors (Lipinski definition) is 4. The third-order valence-corrected chi connectivity index (χ3v) is 2.88. The Kier molecular flexibility index (Phi) is 3.74. The minimum absolute atomic E-state index is 0.0728. The first-order valence-corrected chi connectivity index (χ1v) is 5.68. The maximum atomic E-state index is 11.2. The van der Waals surface area contributed by atoms with Crippen molar-refractivity contribution in [3.8, 4) is 5.75 Å². The van der Waals surface area contributed by atoms with E-state index in [1.165, 1.54) is 24.8 Å². The quantitative estimate of drug-likeness (QED) is 0.635. The first-order chi connectivity index (χ1) is 6.91. The van der Waals surface area contributed by atoms with Gasteiger partial charge in [0.1, 0.15) is 10.8 Å². The molecule has 82 valence electrons. The number of nitrogens with zero attached hydrogens (tertiary/aromatic N) is 1. The van der Waals surface area contributed by atoms with E-state index in [4.69, 9.17) is 0 Å². The van der Waals surface area contributed by atoms with Crippen LogP contribution in [0.25, 0.3) is 0 Å². The fraction of sp³-hybridized carbons (Fsp3) is 0.455. The summed E-state index contributed by atoms with van der Waals surface area (Å²) in [5.41, 5.74) is 1.16. The number of ketones is 1. The topological polar surface area (TPSA) is 50.2 Å². The normalized spacial score (nSPS) is 10.7. The van der Waals surface area contributed by atoms with Crippen molar-refractivity contribution in [2.24, 2.45) is 0 Å². The summed E-state index contributed by atoms with van der Waals surface area (Å²) >= 11 is 1.49. The predicted molar refractivity (Wildman–Crippen MR) is 61.6 cm³/mol. The van der Waals surface area contributed by atoms with Crippen LogP contribution in [-0.4, -0.2) is 21.1 Å². The van der Waals surface area contributed by atoms with Gasteiger partial charge >= 0.3 is 0 Å². The van der Waals surface area contributed by atoms with E-state index in [1.807, 2.05) is 13.8 Å². The van der Waals surface area contributed by atoms with E-state index in [2.05, 4.69) is 4.98 Å². The smallest absolute Gasteiger partial charge is 0.161 e. The number of aryl methyl sites for hydroxylation is 1. The summed E-state index contributed by atoms with van der Waals surface area (Å²) in [5, 5.41) is 10.6. The molecule has 1 heterocycles. The molecule has 1 aromatic heterocycles. The van der Waals surface area contributed by atoms with Gasteiger partial charge in [-0.15, -0.1) is 0 Å². The molecule has 0 saturated carbocycles. The molecule has 0 unspecified atom stereocenters. The number of aromatic nitrogens is 1. The van der Waals surface area contributed by atoms with Crippen molar-refractivity contribution >= 4 is 17.5 Å². The lowest BCUT2D eigenvalue weighted by atomic mass is 10.1. The van der Waals surface area contributed by atoms with E-state index >= 15 is 0 Å². The van der Waals surface area contributed by atoms with E-state index in [0.29, 0.717) is 21.5 Å².